The second kappa shape index (κ2) is 12.8. The third-order valence-corrected chi connectivity index (χ3v) is 5.19. The molecule has 1 aromatic carbocycles. The predicted molar refractivity (Wildman–Crippen MR) is 129 cm³/mol. The summed E-state index contributed by atoms with van der Waals surface area (Å²) in [7, 11) is 1.84. The number of nitrogens with one attached hydrogen (secondary N) is 1. The van der Waals surface area contributed by atoms with Crippen LogP contribution in [0, 0.1) is 17.8 Å². The number of pyridine rings is 1. The van der Waals surface area contributed by atoms with Gasteiger partial charge in [0.15, 0.2) is 0 Å². The van der Waals surface area contributed by atoms with E-state index in [1.54, 1.807) is 17.5 Å². The molecule has 1 unspecified atom stereocenters. The van der Waals surface area contributed by atoms with Crippen molar-refractivity contribution in [3.63, 3.8) is 0 Å². The predicted octanol–water partition coefficient (Wildman–Crippen LogP) is 6.75. The molecule has 0 spiro atoms. The lowest BCUT2D eigenvalue weighted by atomic mass is 10.0. The monoisotopic (exact) mass is 423 g/mol. The summed E-state index contributed by atoms with van der Waals surface area (Å²) < 4.78 is 13.8. The molecule has 158 valence electrons. The van der Waals surface area contributed by atoms with Crippen LogP contribution in [0.25, 0.3) is 16.3 Å². The van der Waals surface area contributed by atoms with Crippen LogP contribution in [0.3, 0.4) is 0 Å². The van der Waals surface area contributed by atoms with Crippen molar-refractivity contribution in [2.75, 3.05) is 19.0 Å². The van der Waals surface area contributed by atoms with Gasteiger partial charge in [-0.2, -0.15) is 0 Å². The Balaban J connectivity index is 0.00000101. The van der Waals surface area contributed by atoms with E-state index >= 15 is 0 Å². The molecule has 30 heavy (non-hydrogen) atoms. The van der Waals surface area contributed by atoms with E-state index in [2.05, 4.69) is 53.1 Å². The van der Waals surface area contributed by atoms with Gasteiger partial charge in [0.1, 0.15) is 10.8 Å². The maximum atomic E-state index is 12.6. The molecule has 1 N–H and O–H groups in total. The summed E-state index contributed by atoms with van der Waals surface area (Å²) >= 11 is 1.64. The van der Waals surface area contributed by atoms with Crippen molar-refractivity contribution in [1.82, 2.24) is 9.97 Å². The average Bonchev–Trinajstić information content (AvgIpc) is 3.18. The normalized spacial score (nSPS) is 11.5. The van der Waals surface area contributed by atoms with Crippen LogP contribution in [0.2, 0.25) is 0 Å². The summed E-state index contributed by atoms with van der Waals surface area (Å²) in [5.74, 6) is 7.02. The van der Waals surface area contributed by atoms with Gasteiger partial charge in [0.25, 0.3) is 0 Å². The van der Waals surface area contributed by atoms with E-state index in [4.69, 9.17) is 0 Å². The second-order valence-electron chi connectivity index (χ2n) is 7.14. The first-order valence-electron chi connectivity index (χ1n) is 10.4. The maximum absolute atomic E-state index is 12.6. The van der Waals surface area contributed by atoms with Crippen LogP contribution in [0.4, 0.5) is 10.2 Å². The number of hydrogen-bond acceptors (Lipinski definition) is 4. The minimum atomic E-state index is -0.255. The summed E-state index contributed by atoms with van der Waals surface area (Å²) in [6, 6.07) is 10.1. The van der Waals surface area contributed by atoms with Gasteiger partial charge in [0.05, 0.1) is 16.9 Å². The zero-order valence-electron chi connectivity index (χ0n) is 18.2. The van der Waals surface area contributed by atoms with Crippen molar-refractivity contribution in [2.45, 2.75) is 40.0 Å². The molecule has 1 atom stereocenters. The van der Waals surface area contributed by atoms with Crippen LogP contribution in [0.5, 0.6) is 0 Å². The number of hydrogen-bond donors (Lipinski definition) is 1. The summed E-state index contributed by atoms with van der Waals surface area (Å²) in [6.45, 7) is 5.94. The zero-order valence-corrected chi connectivity index (χ0v) is 19.0. The lowest BCUT2D eigenvalue weighted by molar-refractivity contribution is 0.366. The number of thiazole rings is 1. The topological polar surface area (TPSA) is 37.8 Å². The van der Waals surface area contributed by atoms with Gasteiger partial charge in [0, 0.05) is 18.8 Å². The molecule has 0 aliphatic heterocycles. The first-order chi connectivity index (χ1) is 14.6. The molecule has 3 aromatic rings. The number of rotatable bonds is 6. The van der Waals surface area contributed by atoms with E-state index in [0.717, 1.165) is 39.4 Å². The lowest BCUT2D eigenvalue weighted by Crippen LogP contribution is -1.98. The number of fused-ring (bicyclic) bond motifs is 1. The number of benzene rings is 1. The first-order valence-corrected chi connectivity index (χ1v) is 11.2. The molecule has 5 heteroatoms. The molecule has 0 aliphatic rings. The highest BCUT2D eigenvalue weighted by molar-refractivity contribution is 7.19. The Bertz CT molecular complexity index is 997. The Morgan fingerprint density at radius 2 is 2.03 bits per heavy atom. The van der Waals surface area contributed by atoms with Gasteiger partial charge >= 0.3 is 0 Å². The van der Waals surface area contributed by atoms with Crippen molar-refractivity contribution in [2.24, 2.45) is 5.92 Å². The average molecular weight is 424 g/mol. The quantitative estimate of drug-likeness (QED) is 0.446. The highest BCUT2D eigenvalue weighted by Gasteiger charge is 2.05. The second-order valence-corrected chi connectivity index (χ2v) is 8.21. The number of halogens is 1. The molecular weight excluding hydrogens is 393 g/mol. The fraction of sp³-hybridized carbons (Fsp3) is 0.360. The highest BCUT2D eigenvalue weighted by Crippen LogP contribution is 2.25. The molecule has 0 fully saturated rings. The van der Waals surface area contributed by atoms with Gasteiger partial charge in [-0.1, -0.05) is 45.1 Å². The maximum Gasteiger partial charge on any atom is 0.125 e. The van der Waals surface area contributed by atoms with Crippen LogP contribution < -0.4 is 5.32 Å². The number of nitrogens with zero attached hydrogens (tertiary/aromatic N) is 2. The molecule has 3 nitrogen and oxygen atoms in total. The van der Waals surface area contributed by atoms with Crippen molar-refractivity contribution in [3.05, 3.63) is 58.7 Å². The summed E-state index contributed by atoms with van der Waals surface area (Å²) in [6.07, 6.45) is 8.50. The summed E-state index contributed by atoms with van der Waals surface area (Å²) in [4.78, 5) is 8.85. The van der Waals surface area contributed by atoms with Crippen molar-refractivity contribution < 1.29 is 4.39 Å². The molecule has 0 saturated heterocycles. The summed E-state index contributed by atoms with van der Waals surface area (Å²) in [5.41, 5.74) is 3.09. The molecule has 2 heterocycles. The minimum absolute atomic E-state index is 0.115. The van der Waals surface area contributed by atoms with Crippen LogP contribution in [-0.2, 0) is 6.42 Å². The van der Waals surface area contributed by atoms with Gasteiger partial charge in [-0.05, 0) is 60.7 Å². The minimum Gasteiger partial charge on any atom is -0.373 e. The van der Waals surface area contributed by atoms with Crippen LogP contribution in [0.1, 0.15) is 49.7 Å². The SMILES string of the molecule is CCC.CNc1ccc(C#C/C=C/c2nc3ccc(CCC(C)CF)cc3s2)cn1. The Kier molecular flexibility index (Phi) is 10.0. The van der Waals surface area contributed by atoms with Gasteiger partial charge in [0.2, 0.25) is 0 Å². The first kappa shape index (κ1) is 23.6. The number of anilines is 1. The third-order valence-electron chi connectivity index (χ3n) is 4.20. The van der Waals surface area contributed by atoms with Gasteiger partial charge < -0.3 is 5.32 Å². The third kappa shape index (κ3) is 7.61. The van der Waals surface area contributed by atoms with Crippen LogP contribution in [-0.4, -0.2) is 23.7 Å². The molecule has 2 aromatic heterocycles. The number of aromatic nitrogens is 2. The van der Waals surface area contributed by atoms with Crippen molar-refractivity contribution >= 4 is 33.4 Å². The van der Waals surface area contributed by atoms with Crippen molar-refractivity contribution in [3.8, 4) is 11.8 Å². The van der Waals surface area contributed by atoms with Crippen LogP contribution >= 0.6 is 11.3 Å². The van der Waals surface area contributed by atoms with E-state index in [1.807, 2.05) is 44.3 Å². The Morgan fingerprint density at radius 3 is 2.70 bits per heavy atom. The zero-order chi connectivity index (χ0) is 21.8. The molecule has 0 aliphatic carbocycles. The molecule has 0 radical (unpaired) electrons. The molecule has 0 amide bonds. The fourth-order valence-corrected chi connectivity index (χ4v) is 3.49. The number of alkyl halides is 1. The Hall–Kier alpha value is -2.71. The number of allylic oxidation sites excluding steroid dienone is 1. The summed E-state index contributed by atoms with van der Waals surface area (Å²) in [5, 5.41) is 3.91. The molecule has 0 bridgehead atoms. The fourth-order valence-electron chi connectivity index (χ4n) is 2.56. The molecule has 0 saturated carbocycles. The Labute approximate surface area is 183 Å². The van der Waals surface area contributed by atoms with E-state index < -0.39 is 0 Å². The van der Waals surface area contributed by atoms with E-state index in [9.17, 15) is 4.39 Å². The van der Waals surface area contributed by atoms with Crippen molar-refractivity contribution in [1.29, 1.82) is 0 Å². The van der Waals surface area contributed by atoms with E-state index in [0.29, 0.717) is 0 Å². The van der Waals surface area contributed by atoms with Gasteiger partial charge in [-0.25, -0.2) is 9.97 Å². The Morgan fingerprint density at radius 1 is 1.23 bits per heavy atom. The standard InChI is InChI=1S/C22H22FN3S.C3H8/c1-16(14-23)7-8-17-9-11-19-20(13-17)27-22(26-19)6-4-3-5-18-10-12-21(24-2)25-15-18;1-3-2/h4,6,9-13,15-16H,7-8,14H2,1-2H3,(H,24,25);3H2,1-2H3/b6-4+;. The molecular formula is C25H30FN3S. The van der Waals surface area contributed by atoms with E-state index in [-0.39, 0.29) is 12.6 Å². The molecule has 3 rings (SSSR count). The van der Waals surface area contributed by atoms with Gasteiger partial charge in [-0.15, -0.1) is 11.3 Å². The largest absolute Gasteiger partial charge is 0.373 e. The van der Waals surface area contributed by atoms with Crippen LogP contribution in [0.15, 0.2) is 42.6 Å². The van der Waals surface area contributed by atoms with E-state index in [1.165, 1.54) is 12.0 Å². The smallest absolute Gasteiger partial charge is 0.125 e. The number of aryl methyl sites for hydroxylation is 1. The van der Waals surface area contributed by atoms with Gasteiger partial charge in [-0.3, -0.25) is 4.39 Å². The lowest BCUT2D eigenvalue weighted by Gasteiger charge is -2.05. The highest BCUT2D eigenvalue weighted by atomic mass is 32.1.